The molecule has 0 radical (unpaired) electrons. The van der Waals surface area contributed by atoms with Gasteiger partial charge in [-0.15, -0.1) is 0 Å². The first-order chi connectivity index (χ1) is 10.6. The van der Waals surface area contributed by atoms with Crippen LogP contribution in [0.2, 0.25) is 0 Å². The van der Waals surface area contributed by atoms with Crippen LogP contribution < -0.4 is 14.4 Å². The lowest BCUT2D eigenvalue weighted by Gasteiger charge is -2.17. The van der Waals surface area contributed by atoms with Crippen molar-refractivity contribution in [1.82, 2.24) is 0 Å². The highest BCUT2D eigenvalue weighted by Gasteiger charge is 2.22. The Morgan fingerprint density at radius 3 is 2.59 bits per heavy atom. The van der Waals surface area contributed by atoms with Gasteiger partial charge in [-0.1, -0.05) is 0 Å². The molecule has 0 saturated carbocycles. The summed E-state index contributed by atoms with van der Waals surface area (Å²) in [7, 11) is 4.01. The fourth-order valence-corrected chi connectivity index (χ4v) is 2.36. The van der Waals surface area contributed by atoms with Crippen LogP contribution in [-0.2, 0) is 4.74 Å². The summed E-state index contributed by atoms with van der Waals surface area (Å²) in [4.78, 5) is 13.4. The summed E-state index contributed by atoms with van der Waals surface area (Å²) in [6.45, 7) is 3.99. The van der Waals surface area contributed by atoms with E-state index in [1.165, 1.54) is 4.90 Å². The van der Waals surface area contributed by atoms with Crippen LogP contribution in [0, 0.1) is 6.92 Å². The molecule has 118 valence electrons. The van der Waals surface area contributed by atoms with Crippen LogP contribution in [0.4, 0.5) is 0 Å². The Morgan fingerprint density at radius 1 is 1.23 bits per heavy atom. The third-order valence-corrected chi connectivity index (χ3v) is 3.62. The van der Waals surface area contributed by atoms with Crippen molar-refractivity contribution >= 4 is 16.9 Å². The maximum absolute atomic E-state index is 12.2. The van der Waals surface area contributed by atoms with E-state index >= 15 is 0 Å². The summed E-state index contributed by atoms with van der Waals surface area (Å²) < 4.78 is 22.0. The van der Waals surface area contributed by atoms with Crippen molar-refractivity contribution in [3.8, 4) is 11.5 Å². The van der Waals surface area contributed by atoms with Crippen molar-refractivity contribution in [1.29, 1.82) is 0 Å². The minimum Gasteiger partial charge on any atom is -0.486 e. The Hall–Kier alpha value is -2.21. The molecule has 2 aromatic rings. The Balaban J connectivity index is 1.87. The topological polar surface area (TPSA) is 62.3 Å². The van der Waals surface area contributed by atoms with Gasteiger partial charge >= 0.3 is 5.97 Å². The monoisotopic (exact) mass is 306 g/mol. The second-order valence-corrected chi connectivity index (χ2v) is 5.64. The highest BCUT2D eigenvalue weighted by Crippen LogP contribution is 2.37. The number of esters is 1. The number of rotatable bonds is 4. The van der Waals surface area contributed by atoms with Crippen LogP contribution in [0.3, 0.4) is 0 Å². The van der Waals surface area contributed by atoms with Gasteiger partial charge in [0.1, 0.15) is 31.9 Å². The Labute approximate surface area is 128 Å². The summed E-state index contributed by atoms with van der Waals surface area (Å²) in [5.41, 5.74) is 1.36. The lowest BCUT2D eigenvalue weighted by atomic mass is 10.1. The van der Waals surface area contributed by atoms with E-state index in [1.807, 2.05) is 27.1 Å². The minimum absolute atomic E-state index is 0.242. The predicted octanol–water partition coefficient (Wildman–Crippen LogP) is 0.814. The fraction of sp³-hybridized carbons (Fsp3) is 0.438. The van der Waals surface area contributed by atoms with E-state index in [-0.39, 0.29) is 5.76 Å². The van der Waals surface area contributed by atoms with Crippen LogP contribution in [0.5, 0.6) is 11.5 Å². The molecule has 2 heterocycles. The average Bonchev–Trinajstić information content (AvgIpc) is 2.81. The predicted molar refractivity (Wildman–Crippen MR) is 79.9 cm³/mol. The molecule has 6 heteroatoms. The van der Waals surface area contributed by atoms with Gasteiger partial charge in [0.15, 0.2) is 11.5 Å². The van der Waals surface area contributed by atoms with Gasteiger partial charge in [0.2, 0.25) is 5.76 Å². The molecule has 6 nitrogen and oxygen atoms in total. The normalized spacial score (nSPS) is 13.6. The molecule has 22 heavy (non-hydrogen) atoms. The quantitative estimate of drug-likeness (QED) is 0.847. The van der Waals surface area contributed by atoms with Crippen LogP contribution >= 0.6 is 0 Å². The average molecular weight is 306 g/mol. The Kier molecular flexibility index (Phi) is 3.94. The van der Waals surface area contributed by atoms with Gasteiger partial charge in [-0.3, -0.25) is 0 Å². The number of likely N-dealkylation sites (N-methyl/N-ethyl adjacent to an activating group) is 1. The summed E-state index contributed by atoms with van der Waals surface area (Å²) in [5, 5.41) is 0.842. The molecular weight excluding hydrogens is 286 g/mol. The molecule has 3 rings (SSSR count). The number of carbonyl (C=O) groups is 1. The smallest absolute Gasteiger partial charge is 0.374 e. The first kappa shape index (κ1) is 14.7. The molecule has 0 saturated heterocycles. The number of ether oxygens (including phenoxy) is 3. The molecule has 0 aliphatic carbocycles. The fourth-order valence-electron chi connectivity index (χ4n) is 2.36. The van der Waals surface area contributed by atoms with Gasteiger partial charge in [-0.05, 0) is 13.0 Å². The first-order valence-electron chi connectivity index (χ1n) is 7.35. The standard InChI is InChI=1S/C16H19NO5/c1-10-11-8-13-14(20-7-6-19-13)9-12(11)22-15(10)16(18)21-5-4-17(2)3/h8-9H,4-7H2,1-3H3/p+1. The molecule has 1 aliphatic heterocycles. The molecule has 1 N–H and O–H groups in total. The lowest BCUT2D eigenvalue weighted by Crippen LogP contribution is -3.06. The molecule has 0 bridgehead atoms. The van der Waals surface area contributed by atoms with Gasteiger partial charge in [0.05, 0.1) is 14.1 Å². The van der Waals surface area contributed by atoms with Crippen molar-refractivity contribution < 1.29 is 28.3 Å². The third kappa shape index (κ3) is 2.74. The largest absolute Gasteiger partial charge is 0.486 e. The molecule has 0 unspecified atom stereocenters. The zero-order valence-corrected chi connectivity index (χ0v) is 13.0. The second kappa shape index (κ2) is 5.88. The number of furan rings is 1. The molecule has 1 aromatic carbocycles. The molecular formula is C16H20NO5+. The number of benzene rings is 1. The van der Waals surface area contributed by atoms with Crippen LogP contribution in [0.15, 0.2) is 16.5 Å². The van der Waals surface area contributed by atoms with E-state index in [4.69, 9.17) is 18.6 Å². The van der Waals surface area contributed by atoms with Crippen molar-refractivity contribution in [2.24, 2.45) is 0 Å². The molecule has 0 atom stereocenters. The highest BCUT2D eigenvalue weighted by molar-refractivity contribution is 5.96. The molecule has 0 amide bonds. The summed E-state index contributed by atoms with van der Waals surface area (Å²) >= 11 is 0. The van der Waals surface area contributed by atoms with Crippen molar-refractivity contribution in [3.05, 3.63) is 23.5 Å². The maximum atomic E-state index is 12.2. The van der Waals surface area contributed by atoms with Gasteiger partial charge in [0.25, 0.3) is 0 Å². The van der Waals surface area contributed by atoms with Crippen molar-refractivity contribution in [2.75, 3.05) is 40.5 Å². The number of aryl methyl sites for hydroxylation is 1. The van der Waals surface area contributed by atoms with E-state index in [2.05, 4.69) is 0 Å². The van der Waals surface area contributed by atoms with E-state index in [0.29, 0.717) is 36.9 Å². The zero-order valence-electron chi connectivity index (χ0n) is 13.0. The number of hydrogen-bond donors (Lipinski definition) is 1. The number of fused-ring (bicyclic) bond motifs is 2. The van der Waals surface area contributed by atoms with Gasteiger partial charge < -0.3 is 23.5 Å². The summed E-state index contributed by atoms with van der Waals surface area (Å²) in [5.74, 6) is 1.13. The maximum Gasteiger partial charge on any atom is 0.374 e. The van der Waals surface area contributed by atoms with E-state index < -0.39 is 5.97 Å². The van der Waals surface area contributed by atoms with Crippen molar-refractivity contribution in [3.63, 3.8) is 0 Å². The van der Waals surface area contributed by atoms with Crippen molar-refractivity contribution in [2.45, 2.75) is 6.92 Å². The lowest BCUT2D eigenvalue weighted by molar-refractivity contribution is -0.858. The summed E-state index contributed by atoms with van der Waals surface area (Å²) in [6, 6.07) is 3.61. The molecule has 0 fully saturated rings. The van der Waals surface area contributed by atoms with Gasteiger partial charge in [-0.25, -0.2) is 4.79 Å². The zero-order chi connectivity index (χ0) is 15.7. The minimum atomic E-state index is -0.435. The van der Waals surface area contributed by atoms with Gasteiger partial charge in [0, 0.05) is 17.0 Å². The third-order valence-electron chi connectivity index (χ3n) is 3.62. The summed E-state index contributed by atoms with van der Waals surface area (Å²) in [6.07, 6.45) is 0. The Bertz CT molecular complexity index is 704. The SMILES string of the molecule is Cc1c(C(=O)OCC[NH+](C)C)oc2cc3c(cc12)OCCO3. The van der Waals surface area contributed by atoms with Crippen LogP contribution in [0.1, 0.15) is 16.1 Å². The molecule has 0 spiro atoms. The van der Waals surface area contributed by atoms with Crippen LogP contribution in [-0.4, -0.2) is 46.4 Å². The van der Waals surface area contributed by atoms with Crippen LogP contribution in [0.25, 0.3) is 11.0 Å². The number of nitrogens with one attached hydrogen (secondary N) is 1. The first-order valence-corrected chi connectivity index (χ1v) is 7.35. The number of hydrogen-bond acceptors (Lipinski definition) is 5. The van der Waals surface area contributed by atoms with E-state index in [9.17, 15) is 4.79 Å². The highest BCUT2D eigenvalue weighted by atomic mass is 16.6. The molecule has 1 aliphatic rings. The Morgan fingerprint density at radius 2 is 1.91 bits per heavy atom. The van der Waals surface area contributed by atoms with E-state index in [1.54, 1.807) is 6.07 Å². The number of quaternary nitrogens is 1. The van der Waals surface area contributed by atoms with E-state index in [0.717, 1.165) is 17.5 Å². The molecule has 1 aromatic heterocycles. The number of carbonyl (C=O) groups excluding carboxylic acids is 1. The van der Waals surface area contributed by atoms with Gasteiger partial charge in [-0.2, -0.15) is 0 Å². The second-order valence-electron chi connectivity index (χ2n) is 5.64.